The van der Waals surface area contributed by atoms with E-state index in [1.807, 2.05) is 26.0 Å². The van der Waals surface area contributed by atoms with Crippen molar-refractivity contribution in [1.82, 2.24) is 9.62 Å². The van der Waals surface area contributed by atoms with Gasteiger partial charge in [0.05, 0.1) is 12.3 Å². The fraction of sp³-hybridized carbons (Fsp3) is 0.692. The quantitative estimate of drug-likeness (QED) is 0.703. The molecule has 1 rings (SSSR count). The first-order valence-corrected chi connectivity index (χ1v) is 8.26. The molecular formula is C13H24N2O3S. The van der Waals surface area contributed by atoms with Crippen LogP contribution in [-0.4, -0.2) is 38.6 Å². The molecule has 1 N–H and O–H groups in total. The molecule has 1 aromatic heterocycles. The van der Waals surface area contributed by atoms with Gasteiger partial charge >= 0.3 is 0 Å². The van der Waals surface area contributed by atoms with Crippen molar-refractivity contribution in [2.45, 2.75) is 33.2 Å². The predicted molar refractivity (Wildman–Crippen MR) is 76.5 cm³/mol. The van der Waals surface area contributed by atoms with Gasteiger partial charge in [-0.3, -0.25) is 0 Å². The first kappa shape index (κ1) is 16.2. The molecule has 0 aliphatic rings. The van der Waals surface area contributed by atoms with Crippen LogP contribution < -0.4 is 5.32 Å². The maximum Gasteiger partial charge on any atom is 0.214 e. The van der Waals surface area contributed by atoms with Crippen molar-refractivity contribution in [2.75, 3.05) is 25.9 Å². The third-order valence-electron chi connectivity index (χ3n) is 2.91. The molecule has 0 aliphatic carbocycles. The van der Waals surface area contributed by atoms with E-state index >= 15 is 0 Å². The minimum atomic E-state index is -3.19. The predicted octanol–water partition coefficient (Wildman–Crippen LogP) is 1.74. The van der Waals surface area contributed by atoms with Crippen molar-refractivity contribution in [2.24, 2.45) is 0 Å². The minimum absolute atomic E-state index is 0.189. The van der Waals surface area contributed by atoms with Gasteiger partial charge in [0.1, 0.15) is 11.5 Å². The fourth-order valence-electron chi connectivity index (χ4n) is 1.75. The molecule has 0 atom stereocenters. The highest BCUT2D eigenvalue weighted by atomic mass is 32.2. The Morgan fingerprint density at radius 3 is 2.63 bits per heavy atom. The summed E-state index contributed by atoms with van der Waals surface area (Å²) in [6.07, 6.45) is 1.55. The smallest absolute Gasteiger partial charge is 0.214 e. The molecule has 0 amide bonds. The Kier molecular flexibility index (Phi) is 6.54. The summed E-state index contributed by atoms with van der Waals surface area (Å²) < 4.78 is 30.8. The third-order valence-corrected chi connectivity index (χ3v) is 4.79. The van der Waals surface area contributed by atoms with Crippen molar-refractivity contribution in [3.63, 3.8) is 0 Å². The molecule has 1 heterocycles. The number of hydrogen-bond acceptors (Lipinski definition) is 4. The summed E-state index contributed by atoms with van der Waals surface area (Å²) >= 11 is 0. The van der Waals surface area contributed by atoms with E-state index < -0.39 is 10.0 Å². The van der Waals surface area contributed by atoms with E-state index in [1.165, 1.54) is 4.31 Å². The molecule has 1 aromatic rings. The van der Waals surface area contributed by atoms with Crippen molar-refractivity contribution in [1.29, 1.82) is 0 Å². The number of sulfonamides is 1. The molecule has 0 aromatic carbocycles. The van der Waals surface area contributed by atoms with Gasteiger partial charge in [-0.15, -0.1) is 0 Å². The SMILES string of the molecule is CCNCCCCS(=O)(=O)N(C)Cc1ccc(C)o1. The van der Waals surface area contributed by atoms with Gasteiger partial charge in [0.2, 0.25) is 10.0 Å². The van der Waals surface area contributed by atoms with Crippen molar-refractivity contribution in [3.05, 3.63) is 23.7 Å². The molecule has 5 nitrogen and oxygen atoms in total. The number of aryl methyl sites for hydroxylation is 1. The Bertz CT molecular complexity index is 468. The highest BCUT2D eigenvalue weighted by Crippen LogP contribution is 2.12. The van der Waals surface area contributed by atoms with E-state index in [0.29, 0.717) is 18.7 Å². The van der Waals surface area contributed by atoms with Crippen LogP contribution in [0.15, 0.2) is 16.5 Å². The van der Waals surface area contributed by atoms with Crippen LogP contribution in [0.2, 0.25) is 0 Å². The monoisotopic (exact) mass is 288 g/mol. The lowest BCUT2D eigenvalue weighted by atomic mass is 10.3. The van der Waals surface area contributed by atoms with E-state index in [2.05, 4.69) is 5.32 Å². The number of rotatable bonds is 9. The zero-order chi connectivity index (χ0) is 14.3. The molecule has 0 bridgehead atoms. The van der Waals surface area contributed by atoms with E-state index in [4.69, 9.17) is 4.42 Å². The van der Waals surface area contributed by atoms with Gasteiger partial charge in [-0.2, -0.15) is 4.31 Å². The van der Waals surface area contributed by atoms with Crippen LogP contribution in [0.1, 0.15) is 31.3 Å². The third kappa shape index (κ3) is 5.76. The number of nitrogens with zero attached hydrogens (tertiary/aromatic N) is 1. The Hall–Kier alpha value is -0.850. The Morgan fingerprint density at radius 1 is 1.32 bits per heavy atom. The molecule has 6 heteroatoms. The van der Waals surface area contributed by atoms with Crippen LogP contribution in [0.25, 0.3) is 0 Å². The van der Waals surface area contributed by atoms with Crippen molar-refractivity contribution in [3.8, 4) is 0 Å². The number of hydrogen-bond donors (Lipinski definition) is 1. The zero-order valence-electron chi connectivity index (χ0n) is 12.0. The van der Waals surface area contributed by atoms with E-state index in [9.17, 15) is 8.42 Å². The topological polar surface area (TPSA) is 62.6 Å². The van der Waals surface area contributed by atoms with Crippen LogP contribution in [-0.2, 0) is 16.6 Å². The first-order valence-electron chi connectivity index (χ1n) is 6.65. The second-order valence-corrected chi connectivity index (χ2v) is 6.84. The molecule has 0 fully saturated rings. The van der Waals surface area contributed by atoms with Crippen LogP contribution in [0.5, 0.6) is 0 Å². The summed E-state index contributed by atoms with van der Waals surface area (Å²) in [6.45, 7) is 5.97. The lowest BCUT2D eigenvalue weighted by Crippen LogP contribution is -2.29. The number of furan rings is 1. The lowest BCUT2D eigenvalue weighted by Gasteiger charge is -2.15. The van der Waals surface area contributed by atoms with E-state index in [-0.39, 0.29) is 5.75 Å². The Balaban J connectivity index is 2.39. The summed E-state index contributed by atoms with van der Waals surface area (Å²) in [6, 6.07) is 3.65. The van der Waals surface area contributed by atoms with Crippen LogP contribution >= 0.6 is 0 Å². The van der Waals surface area contributed by atoms with Crippen LogP contribution in [0, 0.1) is 6.92 Å². The summed E-state index contributed by atoms with van der Waals surface area (Å²) in [5.41, 5.74) is 0. The number of unbranched alkanes of at least 4 members (excludes halogenated alkanes) is 1. The standard InChI is InChI=1S/C13H24N2O3S/c1-4-14-9-5-6-10-19(16,17)15(3)11-13-8-7-12(2)18-13/h7-8,14H,4-6,9-11H2,1-3H3. The molecule has 0 saturated heterocycles. The molecule has 0 radical (unpaired) electrons. The van der Waals surface area contributed by atoms with Crippen molar-refractivity contribution < 1.29 is 12.8 Å². The van der Waals surface area contributed by atoms with Crippen LogP contribution in [0.3, 0.4) is 0 Å². The van der Waals surface area contributed by atoms with E-state index in [1.54, 1.807) is 7.05 Å². The van der Waals surface area contributed by atoms with Gasteiger partial charge in [-0.25, -0.2) is 8.42 Å². The van der Waals surface area contributed by atoms with E-state index in [0.717, 1.165) is 25.3 Å². The summed E-state index contributed by atoms with van der Waals surface area (Å²) in [5.74, 6) is 1.66. The Morgan fingerprint density at radius 2 is 2.05 bits per heavy atom. The zero-order valence-corrected chi connectivity index (χ0v) is 12.8. The molecule has 0 saturated carbocycles. The van der Waals surface area contributed by atoms with Gasteiger partial charge in [0.15, 0.2) is 0 Å². The van der Waals surface area contributed by atoms with Gasteiger partial charge in [-0.1, -0.05) is 6.92 Å². The average Bonchev–Trinajstić information content (AvgIpc) is 2.74. The summed E-state index contributed by atoms with van der Waals surface area (Å²) in [7, 11) is -1.60. The second-order valence-electron chi connectivity index (χ2n) is 4.65. The van der Waals surface area contributed by atoms with Crippen LogP contribution in [0.4, 0.5) is 0 Å². The summed E-state index contributed by atoms with van der Waals surface area (Å²) in [4.78, 5) is 0. The largest absolute Gasteiger partial charge is 0.465 e. The van der Waals surface area contributed by atoms with Crippen molar-refractivity contribution >= 4 is 10.0 Å². The van der Waals surface area contributed by atoms with Gasteiger partial charge in [0, 0.05) is 7.05 Å². The molecule has 0 spiro atoms. The molecule has 19 heavy (non-hydrogen) atoms. The molecule has 0 unspecified atom stereocenters. The van der Waals surface area contributed by atoms with Gasteiger partial charge in [0.25, 0.3) is 0 Å². The highest BCUT2D eigenvalue weighted by molar-refractivity contribution is 7.89. The average molecular weight is 288 g/mol. The first-order chi connectivity index (χ1) is 8.95. The second kappa shape index (κ2) is 7.67. The highest BCUT2D eigenvalue weighted by Gasteiger charge is 2.18. The molecular weight excluding hydrogens is 264 g/mol. The Labute approximate surface area is 116 Å². The fourth-order valence-corrected chi connectivity index (χ4v) is 2.96. The summed E-state index contributed by atoms with van der Waals surface area (Å²) in [5, 5.41) is 3.18. The molecule has 110 valence electrons. The van der Waals surface area contributed by atoms with Gasteiger partial charge in [-0.05, 0) is 45.0 Å². The molecule has 0 aliphatic heterocycles. The van der Waals surface area contributed by atoms with Gasteiger partial charge < -0.3 is 9.73 Å². The lowest BCUT2D eigenvalue weighted by molar-refractivity contribution is 0.396. The maximum absolute atomic E-state index is 12.0. The maximum atomic E-state index is 12.0. The minimum Gasteiger partial charge on any atom is -0.465 e. The number of nitrogens with one attached hydrogen (secondary N) is 1. The normalized spacial score (nSPS) is 12.2.